The smallest absolute Gasteiger partial charge is 0.145 e. The van der Waals surface area contributed by atoms with Gasteiger partial charge in [0, 0.05) is 25.1 Å². The highest BCUT2D eigenvalue weighted by molar-refractivity contribution is 5.50. The molecule has 7 heteroatoms. The fourth-order valence-electron chi connectivity index (χ4n) is 1.90. The van der Waals surface area contributed by atoms with Crippen LogP contribution in [0.4, 0.5) is 11.6 Å². The van der Waals surface area contributed by atoms with Gasteiger partial charge in [-0.05, 0) is 0 Å². The third kappa shape index (κ3) is 2.53. The lowest BCUT2D eigenvalue weighted by atomic mass is 10.2. The van der Waals surface area contributed by atoms with E-state index in [1.807, 2.05) is 18.7 Å². The van der Waals surface area contributed by atoms with E-state index in [1.165, 1.54) is 0 Å². The molecule has 5 N–H and O–H groups in total. The minimum Gasteiger partial charge on any atom is -0.389 e. The lowest BCUT2D eigenvalue weighted by Gasteiger charge is -2.18. The van der Waals surface area contributed by atoms with E-state index < -0.39 is 12.2 Å². The Morgan fingerprint density at radius 3 is 2.44 bits per heavy atom. The van der Waals surface area contributed by atoms with E-state index in [4.69, 9.17) is 5.84 Å². The number of nitrogens with zero attached hydrogens (tertiary/aromatic N) is 3. The first-order chi connectivity index (χ1) is 8.51. The van der Waals surface area contributed by atoms with Gasteiger partial charge in [-0.2, -0.15) is 0 Å². The Labute approximate surface area is 106 Å². The number of nitrogens with two attached hydrogens (primary N) is 1. The van der Waals surface area contributed by atoms with Crippen LogP contribution in [-0.2, 0) is 0 Å². The Bertz CT molecular complexity index is 416. The molecule has 2 heterocycles. The molecule has 0 aromatic carbocycles. The van der Waals surface area contributed by atoms with Gasteiger partial charge in [0.15, 0.2) is 0 Å². The Hall–Kier alpha value is -1.44. The van der Waals surface area contributed by atoms with Gasteiger partial charge in [-0.1, -0.05) is 13.8 Å². The standard InChI is InChI=1S/C11H19N5O2/c1-6(2)11-13-9(15-12)3-10(14-11)16-4-7(17)8(18)5-16/h3,6-8,17-18H,4-5,12H2,1-2H3,(H,13,14,15). The monoisotopic (exact) mass is 253 g/mol. The molecule has 1 saturated heterocycles. The number of anilines is 2. The van der Waals surface area contributed by atoms with Crippen molar-refractivity contribution in [3.05, 3.63) is 11.9 Å². The van der Waals surface area contributed by atoms with Crippen molar-refractivity contribution in [3.8, 4) is 0 Å². The molecule has 100 valence electrons. The van der Waals surface area contributed by atoms with E-state index in [9.17, 15) is 10.2 Å². The number of nitrogens with one attached hydrogen (secondary N) is 1. The van der Waals surface area contributed by atoms with E-state index >= 15 is 0 Å². The quantitative estimate of drug-likeness (QED) is 0.422. The summed E-state index contributed by atoms with van der Waals surface area (Å²) in [5.74, 6) is 7.43. The second kappa shape index (κ2) is 5.05. The molecule has 1 aliphatic rings. The predicted octanol–water partition coefficient (Wildman–Crippen LogP) is -0.573. The molecule has 1 aromatic heterocycles. The van der Waals surface area contributed by atoms with Crippen LogP contribution in [0.5, 0.6) is 0 Å². The van der Waals surface area contributed by atoms with Crippen LogP contribution in [-0.4, -0.2) is 45.5 Å². The van der Waals surface area contributed by atoms with Crippen molar-refractivity contribution in [2.24, 2.45) is 5.84 Å². The Kier molecular flexibility index (Phi) is 3.65. The van der Waals surface area contributed by atoms with Gasteiger partial charge in [0.2, 0.25) is 0 Å². The molecule has 0 saturated carbocycles. The molecule has 1 fully saturated rings. The predicted molar refractivity (Wildman–Crippen MR) is 68.2 cm³/mol. The zero-order chi connectivity index (χ0) is 13.3. The van der Waals surface area contributed by atoms with Crippen LogP contribution in [0.25, 0.3) is 0 Å². The Morgan fingerprint density at radius 2 is 1.94 bits per heavy atom. The maximum atomic E-state index is 9.56. The summed E-state index contributed by atoms with van der Waals surface area (Å²) in [4.78, 5) is 10.5. The maximum absolute atomic E-state index is 9.56. The molecule has 0 bridgehead atoms. The van der Waals surface area contributed by atoms with Gasteiger partial charge in [0.05, 0.1) is 12.2 Å². The number of hydrogen-bond donors (Lipinski definition) is 4. The van der Waals surface area contributed by atoms with Gasteiger partial charge >= 0.3 is 0 Å². The number of aliphatic hydroxyl groups is 2. The van der Waals surface area contributed by atoms with Crippen LogP contribution in [0.3, 0.4) is 0 Å². The van der Waals surface area contributed by atoms with Gasteiger partial charge in [0.1, 0.15) is 17.5 Å². The maximum Gasteiger partial charge on any atom is 0.145 e. The first-order valence-electron chi connectivity index (χ1n) is 5.98. The summed E-state index contributed by atoms with van der Waals surface area (Å²) in [6.45, 7) is 4.71. The molecule has 1 aliphatic heterocycles. The third-order valence-electron chi connectivity index (χ3n) is 2.98. The number of β-amino-alcohol motifs (C(OH)–C–C–N with tert-alkyl or cyclic N) is 2. The summed E-state index contributed by atoms with van der Waals surface area (Å²) in [5.41, 5.74) is 2.51. The van der Waals surface area contributed by atoms with Crippen molar-refractivity contribution in [1.29, 1.82) is 0 Å². The SMILES string of the molecule is CC(C)c1nc(NN)cc(N2CC(O)C(O)C2)n1. The van der Waals surface area contributed by atoms with Crippen molar-refractivity contribution >= 4 is 11.6 Å². The van der Waals surface area contributed by atoms with E-state index in [0.29, 0.717) is 30.5 Å². The van der Waals surface area contributed by atoms with E-state index in [0.717, 1.165) is 0 Å². The normalized spacial score (nSPS) is 23.8. The molecule has 0 amide bonds. The van der Waals surface area contributed by atoms with Gasteiger partial charge in [-0.15, -0.1) is 0 Å². The van der Waals surface area contributed by atoms with Crippen LogP contribution in [0.15, 0.2) is 6.07 Å². The molecule has 2 unspecified atom stereocenters. The fourth-order valence-corrected chi connectivity index (χ4v) is 1.90. The van der Waals surface area contributed by atoms with Crippen molar-refractivity contribution in [2.45, 2.75) is 32.0 Å². The van der Waals surface area contributed by atoms with Crippen LogP contribution in [0.1, 0.15) is 25.6 Å². The number of aliphatic hydroxyl groups excluding tert-OH is 2. The molecule has 2 atom stereocenters. The van der Waals surface area contributed by atoms with E-state index in [-0.39, 0.29) is 5.92 Å². The summed E-state index contributed by atoms with van der Waals surface area (Å²) < 4.78 is 0. The van der Waals surface area contributed by atoms with Crippen LogP contribution >= 0.6 is 0 Å². The van der Waals surface area contributed by atoms with Gasteiger partial charge in [-0.3, -0.25) is 0 Å². The summed E-state index contributed by atoms with van der Waals surface area (Å²) in [7, 11) is 0. The molecule has 0 spiro atoms. The zero-order valence-electron chi connectivity index (χ0n) is 10.5. The zero-order valence-corrected chi connectivity index (χ0v) is 10.5. The number of aromatic nitrogens is 2. The average molecular weight is 253 g/mol. The highest BCUT2D eigenvalue weighted by Gasteiger charge is 2.30. The van der Waals surface area contributed by atoms with Crippen molar-refractivity contribution < 1.29 is 10.2 Å². The number of rotatable bonds is 3. The van der Waals surface area contributed by atoms with Crippen LogP contribution in [0, 0.1) is 0 Å². The minimum atomic E-state index is -0.739. The van der Waals surface area contributed by atoms with Crippen molar-refractivity contribution in [2.75, 3.05) is 23.4 Å². The van der Waals surface area contributed by atoms with Crippen molar-refractivity contribution in [1.82, 2.24) is 9.97 Å². The number of nitrogen functional groups attached to an aromatic ring is 1. The van der Waals surface area contributed by atoms with Crippen LogP contribution < -0.4 is 16.2 Å². The fraction of sp³-hybridized carbons (Fsp3) is 0.636. The molecule has 7 nitrogen and oxygen atoms in total. The molecule has 0 radical (unpaired) electrons. The second-order valence-electron chi connectivity index (χ2n) is 4.81. The summed E-state index contributed by atoms with van der Waals surface area (Å²) in [5, 5.41) is 19.1. The van der Waals surface area contributed by atoms with Gasteiger partial charge in [-0.25, -0.2) is 15.8 Å². The Morgan fingerprint density at radius 1 is 1.33 bits per heavy atom. The average Bonchev–Trinajstić information content (AvgIpc) is 2.69. The minimum absolute atomic E-state index is 0.175. The van der Waals surface area contributed by atoms with Gasteiger partial charge in [0.25, 0.3) is 0 Å². The van der Waals surface area contributed by atoms with E-state index in [2.05, 4.69) is 15.4 Å². The first-order valence-corrected chi connectivity index (χ1v) is 5.98. The van der Waals surface area contributed by atoms with Crippen molar-refractivity contribution in [3.63, 3.8) is 0 Å². The van der Waals surface area contributed by atoms with Crippen LogP contribution in [0.2, 0.25) is 0 Å². The molecule has 2 rings (SSSR count). The van der Waals surface area contributed by atoms with E-state index in [1.54, 1.807) is 6.07 Å². The molecular weight excluding hydrogens is 234 g/mol. The topological polar surface area (TPSA) is 108 Å². The molecular formula is C11H19N5O2. The lowest BCUT2D eigenvalue weighted by molar-refractivity contribution is 0.0572. The Balaban J connectivity index is 2.30. The number of hydrazine groups is 1. The second-order valence-corrected chi connectivity index (χ2v) is 4.81. The summed E-state index contributed by atoms with van der Waals surface area (Å²) in [6.07, 6.45) is -1.48. The highest BCUT2D eigenvalue weighted by atomic mass is 16.3. The number of hydrogen-bond acceptors (Lipinski definition) is 7. The summed E-state index contributed by atoms with van der Waals surface area (Å²) in [6, 6.07) is 1.70. The molecule has 1 aromatic rings. The highest BCUT2D eigenvalue weighted by Crippen LogP contribution is 2.23. The molecule has 18 heavy (non-hydrogen) atoms. The largest absolute Gasteiger partial charge is 0.389 e. The summed E-state index contributed by atoms with van der Waals surface area (Å²) >= 11 is 0. The first kappa shape index (κ1) is 13.0. The van der Waals surface area contributed by atoms with Gasteiger partial charge < -0.3 is 20.5 Å². The third-order valence-corrected chi connectivity index (χ3v) is 2.98. The lowest BCUT2D eigenvalue weighted by Crippen LogP contribution is -2.24. The molecule has 0 aliphatic carbocycles.